The highest BCUT2D eigenvalue weighted by Crippen LogP contribution is 2.31. The van der Waals surface area contributed by atoms with Crippen LogP contribution in [0.2, 0.25) is 0 Å². The summed E-state index contributed by atoms with van der Waals surface area (Å²) in [6.45, 7) is 4.26. The second-order valence-electron chi connectivity index (χ2n) is 6.13. The third-order valence-corrected chi connectivity index (χ3v) is 5.03. The fourth-order valence-corrected chi connectivity index (χ4v) is 3.60. The third-order valence-electron chi connectivity index (χ3n) is 4.30. The summed E-state index contributed by atoms with van der Waals surface area (Å²) in [4.78, 5) is 17.5. The Morgan fingerprint density at radius 2 is 1.96 bits per heavy atom. The predicted molar refractivity (Wildman–Crippen MR) is 115 cm³/mol. The van der Waals surface area contributed by atoms with Crippen LogP contribution in [-0.4, -0.2) is 23.3 Å². The van der Waals surface area contributed by atoms with Gasteiger partial charge in [0.25, 0.3) is 0 Å². The van der Waals surface area contributed by atoms with Gasteiger partial charge in [0.1, 0.15) is 11.7 Å². The quantitative estimate of drug-likeness (QED) is 0.665. The zero-order valence-electron chi connectivity index (χ0n) is 15.0. The standard InChI is InChI=1S/C20H20BrN3O2S/c1-3-26-16-7-5-4-6-15(16)23-19(25)17-12(2)22-20(27)24-18(17)13-8-10-14(21)11-9-13/h4-11,17-18H,3H2,1-2H3,(H,23,25)(H,24,27). The molecule has 0 aliphatic carbocycles. The molecule has 2 atom stereocenters. The lowest BCUT2D eigenvalue weighted by Gasteiger charge is -2.31. The number of para-hydroxylation sites is 2. The number of nitrogens with one attached hydrogen (secondary N) is 2. The number of halogens is 1. The molecule has 0 saturated carbocycles. The minimum absolute atomic E-state index is 0.161. The van der Waals surface area contributed by atoms with E-state index in [4.69, 9.17) is 17.0 Å². The molecule has 2 unspecified atom stereocenters. The molecule has 1 heterocycles. The maximum Gasteiger partial charge on any atom is 0.235 e. The number of amides is 1. The predicted octanol–water partition coefficient (Wildman–Crippen LogP) is 4.49. The summed E-state index contributed by atoms with van der Waals surface area (Å²) in [5, 5.41) is 6.55. The Balaban J connectivity index is 1.91. The van der Waals surface area contributed by atoms with Crippen molar-refractivity contribution in [1.82, 2.24) is 5.32 Å². The Bertz CT molecular complexity index is 883. The van der Waals surface area contributed by atoms with E-state index in [-0.39, 0.29) is 11.9 Å². The van der Waals surface area contributed by atoms with E-state index in [0.29, 0.717) is 28.9 Å². The van der Waals surface area contributed by atoms with Gasteiger partial charge < -0.3 is 15.4 Å². The first-order chi connectivity index (χ1) is 13.0. The molecule has 5 nitrogen and oxygen atoms in total. The molecule has 140 valence electrons. The average Bonchev–Trinajstić information content (AvgIpc) is 2.63. The molecule has 7 heteroatoms. The number of aliphatic imine (C=N–C) groups is 1. The van der Waals surface area contributed by atoms with Gasteiger partial charge in [-0.1, -0.05) is 40.2 Å². The van der Waals surface area contributed by atoms with E-state index in [1.165, 1.54) is 0 Å². The zero-order chi connectivity index (χ0) is 19.4. The van der Waals surface area contributed by atoms with Crippen molar-refractivity contribution in [1.29, 1.82) is 0 Å². The van der Waals surface area contributed by atoms with E-state index >= 15 is 0 Å². The molecule has 0 radical (unpaired) electrons. The largest absolute Gasteiger partial charge is 0.492 e. The number of anilines is 1. The molecule has 1 aliphatic heterocycles. The number of carbonyl (C=O) groups excluding carboxylic acids is 1. The van der Waals surface area contributed by atoms with Crippen LogP contribution in [0.5, 0.6) is 5.75 Å². The van der Waals surface area contributed by atoms with Gasteiger partial charge >= 0.3 is 0 Å². The number of ether oxygens (including phenoxy) is 1. The molecule has 2 aromatic carbocycles. The Morgan fingerprint density at radius 1 is 1.26 bits per heavy atom. The van der Waals surface area contributed by atoms with Gasteiger partial charge in [-0.05, 0) is 55.9 Å². The zero-order valence-corrected chi connectivity index (χ0v) is 17.4. The molecule has 0 spiro atoms. The van der Waals surface area contributed by atoms with Crippen molar-refractivity contribution < 1.29 is 9.53 Å². The van der Waals surface area contributed by atoms with Gasteiger partial charge in [0.2, 0.25) is 5.91 Å². The lowest BCUT2D eigenvalue weighted by Crippen LogP contribution is -2.45. The van der Waals surface area contributed by atoms with Crippen LogP contribution in [0.15, 0.2) is 58.0 Å². The van der Waals surface area contributed by atoms with E-state index in [1.807, 2.05) is 62.4 Å². The first kappa shape index (κ1) is 19.5. The molecule has 0 fully saturated rings. The highest BCUT2D eigenvalue weighted by Gasteiger charge is 2.36. The SMILES string of the molecule is CCOc1ccccc1NC(=O)C1C(C)=NC(=S)NC1c1ccc(Br)cc1. The second-order valence-corrected chi connectivity index (χ2v) is 7.43. The number of hydrogen-bond acceptors (Lipinski definition) is 3. The number of hydrogen-bond donors (Lipinski definition) is 2. The number of nitrogens with zero attached hydrogens (tertiary/aromatic N) is 1. The third kappa shape index (κ3) is 4.54. The summed E-state index contributed by atoms with van der Waals surface area (Å²) in [5.74, 6) is -0.0127. The van der Waals surface area contributed by atoms with Crippen molar-refractivity contribution in [3.63, 3.8) is 0 Å². The Hall–Kier alpha value is -2.25. The van der Waals surface area contributed by atoms with Crippen LogP contribution in [0.25, 0.3) is 0 Å². The summed E-state index contributed by atoms with van der Waals surface area (Å²) in [6, 6.07) is 14.9. The molecule has 0 bridgehead atoms. The molecule has 0 aromatic heterocycles. The van der Waals surface area contributed by atoms with Gasteiger partial charge in [0.15, 0.2) is 5.11 Å². The maximum absolute atomic E-state index is 13.2. The lowest BCUT2D eigenvalue weighted by molar-refractivity contribution is -0.118. The van der Waals surface area contributed by atoms with Crippen molar-refractivity contribution >= 4 is 50.6 Å². The van der Waals surface area contributed by atoms with Crippen molar-refractivity contribution in [3.05, 3.63) is 58.6 Å². The van der Waals surface area contributed by atoms with E-state index in [9.17, 15) is 4.79 Å². The van der Waals surface area contributed by atoms with Crippen LogP contribution in [0.3, 0.4) is 0 Å². The van der Waals surface area contributed by atoms with Crippen LogP contribution in [0.4, 0.5) is 5.69 Å². The Kier molecular flexibility index (Phi) is 6.23. The molecule has 2 aromatic rings. The van der Waals surface area contributed by atoms with E-state index < -0.39 is 5.92 Å². The van der Waals surface area contributed by atoms with Crippen LogP contribution >= 0.6 is 28.1 Å². The maximum atomic E-state index is 13.2. The Morgan fingerprint density at radius 3 is 2.67 bits per heavy atom. The van der Waals surface area contributed by atoms with Crippen LogP contribution in [0, 0.1) is 5.92 Å². The minimum atomic E-state index is -0.493. The molecule has 2 N–H and O–H groups in total. The number of carbonyl (C=O) groups is 1. The van der Waals surface area contributed by atoms with Gasteiger partial charge in [-0.25, -0.2) is 4.99 Å². The molecule has 3 rings (SSSR count). The van der Waals surface area contributed by atoms with Crippen molar-refractivity contribution in [2.45, 2.75) is 19.9 Å². The van der Waals surface area contributed by atoms with Gasteiger partial charge in [0, 0.05) is 10.2 Å². The van der Waals surface area contributed by atoms with E-state index in [2.05, 4.69) is 31.6 Å². The highest BCUT2D eigenvalue weighted by atomic mass is 79.9. The fraction of sp³-hybridized carbons (Fsp3) is 0.250. The summed E-state index contributed by atoms with van der Waals surface area (Å²) >= 11 is 8.69. The average molecular weight is 446 g/mol. The summed E-state index contributed by atoms with van der Waals surface area (Å²) in [6.07, 6.45) is 0. The number of benzene rings is 2. The molecule has 1 amide bonds. The van der Waals surface area contributed by atoms with Gasteiger partial charge in [-0.3, -0.25) is 4.79 Å². The molecular weight excluding hydrogens is 426 g/mol. The monoisotopic (exact) mass is 445 g/mol. The van der Waals surface area contributed by atoms with E-state index in [0.717, 1.165) is 10.0 Å². The first-order valence-electron chi connectivity index (χ1n) is 8.63. The van der Waals surface area contributed by atoms with Crippen LogP contribution < -0.4 is 15.4 Å². The minimum Gasteiger partial charge on any atom is -0.492 e. The lowest BCUT2D eigenvalue weighted by atomic mass is 9.87. The fourth-order valence-electron chi connectivity index (χ4n) is 3.07. The molecular formula is C20H20BrN3O2S. The van der Waals surface area contributed by atoms with Crippen molar-refractivity contribution in [2.75, 3.05) is 11.9 Å². The van der Waals surface area contributed by atoms with Gasteiger partial charge in [-0.15, -0.1) is 0 Å². The van der Waals surface area contributed by atoms with Gasteiger partial charge in [0.05, 0.1) is 18.3 Å². The van der Waals surface area contributed by atoms with Crippen molar-refractivity contribution in [2.24, 2.45) is 10.9 Å². The van der Waals surface area contributed by atoms with Crippen LogP contribution in [-0.2, 0) is 4.79 Å². The highest BCUT2D eigenvalue weighted by molar-refractivity contribution is 9.10. The van der Waals surface area contributed by atoms with E-state index in [1.54, 1.807) is 0 Å². The molecule has 27 heavy (non-hydrogen) atoms. The molecule has 0 saturated heterocycles. The molecule has 1 aliphatic rings. The second kappa shape index (κ2) is 8.63. The topological polar surface area (TPSA) is 62.7 Å². The summed E-state index contributed by atoms with van der Waals surface area (Å²) in [5.41, 5.74) is 2.28. The summed E-state index contributed by atoms with van der Waals surface area (Å²) < 4.78 is 6.58. The van der Waals surface area contributed by atoms with Gasteiger partial charge in [-0.2, -0.15) is 0 Å². The Labute approximate surface area is 172 Å². The number of rotatable bonds is 5. The summed E-state index contributed by atoms with van der Waals surface area (Å²) in [7, 11) is 0. The number of thiocarbonyl (C=S) groups is 1. The first-order valence-corrected chi connectivity index (χ1v) is 9.83. The van der Waals surface area contributed by atoms with Crippen LogP contribution in [0.1, 0.15) is 25.5 Å². The van der Waals surface area contributed by atoms with Crippen molar-refractivity contribution in [3.8, 4) is 5.75 Å². The normalized spacial score (nSPS) is 19.1. The smallest absolute Gasteiger partial charge is 0.235 e.